The SMILES string of the molecule is NCc1cc(Br)cc(S(=O)(=O)NCc2cccs2)c1F. The minimum Gasteiger partial charge on any atom is -0.326 e. The van der Waals surface area contributed by atoms with Crippen molar-refractivity contribution in [2.24, 2.45) is 5.73 Å². The molecule has 0 saturated heterocycles. The summed E-state index contributed by atoms with van der Waals surface area (Å²) in [6.07, 6.45) is 0. The predicted octanol–water partition coefficient (Wildman–Crippen LogP) is 2.59. The van der Waals surface area contributed by atoms with Gasteiger partial charge < -0.3 is 5.73 Å². The van der Waals surface area contributed by atoms with Crippen molar-refractivity contribution >= 4 is 37.3 Å². The van der Waals surface area contributed by atoms with E-state index in [4.69, 9.17) is 5.73 Å². The number of nitrogens with one attached hydrogen (secondary N) is 1. The zero-order chi connectivity index (χ0) is 14.8. The Balaban J connectivity index is 2.31. The van der Waals surface area contributed by atoms with Gasteiger partial charge in [-0.2, -0.15) is 0 Å². The fraction of sp³-hybridized carbons (Fsp3) is 0.167. The molecule has 0 aliphatic carbocycles. The van der Waals surface area contributed by atoms with Crippen LogP contribution in [0.1, 0.15) is 10.4 Å². The topological polar surface area (TPSA) is 72.2 Å². The average molecular weight is 379 g/mol. The molecule has 0 saturated carbocycles. The smallest absolute Gasteiger partial charge is 0.243 e. The molecule has 0 aliphatic heterocycles. The van der Waals surface area contributed by atoms with E-state index in [0.29, 0.717) is 4.47 Å². The summed E-state index contributed by atoms with van der Waals surface area (Å²) in [5.74, 6) is -0.811. The summed E-state index contributed by atoms with van der Waals surface area (Å²) in [6, 6.07) is 6.31. The Kier molecular flexibility index (Phi) is 4.92. The molecule has 2 rings (SSSR count). The largest absolute Gasteiger partial charge is 0.326 e. The zero-order valence-electron chi connectivity index (χ0n) is 10.3. The predicted molar refractivity (Wildman–Crippen MR) is 80.3 cm³/mol. The first-order valence-corrected chi connectivity index (χ1v) is 8.79. The molecule has 4 nitrogen and oxygen atoms in total. The highest BCUT2D eigenvalue weighted by Crippen LogP contribution is 2.24. The van der Waals surface area contributed by atoms with Crippen LogP contribution < -0.4 is 10.5 Å². The molecule has 0 amide bonds. The van der Waals surface area contributed by atoms with Crippen molar-refractivity contribution < 1.29 is 12.8 Å². The lowest BCUT2D eigenvalue weighted by Crippen LogP contribution is -2.24. The number of hydrogen-bond acceptors (Lipinski definition) is 4. The molecule has 108 valence electrons. The zero-order valence-corrected chi connectivity index (χ0v) is 13.5. The molecular weight excluding hydrogens is 367 g/mol. The maximum absolute atomic E-state index is 14.1. The van der Waals surface area contributed by atoms with Gasteiger partial charge in [-0.1, -0.05) is 22.0 Å². The Morgan fingerprint density at radius 3 is 2.75 bits per heavy atom. The van der Waals surface area contributed by atoms with Crippen molar-refractivity contribution in [3.63, 3.8) is 0 Å². The van der Waals surface area contributed by atoms with E-state index in [9.17, 15) is 12.8 Å². The van der Waals surface area contributed by atoms with Crippen LogP contribution in [0.2, 0.25) is 0 Å². The molecule has 0 spiro atoms. The van der Waals surface area contributed by atoms with E-state index in [1.54, 1.807) is 6.07 Å². The van der Waals surface area contributed by atoms with Crippen molar-refractivity contribution in [1.82, 2.24) is 4.72 Å². The third-order valence-electron chi connectivity index (χ3n) is 2.61. The first-order chi connectivity index (χ1) is 9.44. The van der Waals surface area contributed by atoms with Crippen molar-refractivity contribution in [2.75, 3.05) is 0 Å². The molecule has 0 atom stereocenters. The minimum atomic E-state index is -3.93. The summed E-state index contributed by atoms with van der Waals surface area (Å²) in [6.45, 7) is 0.0582. The number of nitrogens with two attached hydrogens (primary N) is 1. The lowest BCUT2D eigenvalue weighted by molar-refractivity contribution is 0.549. The van der Waals surface area contributed by atoms with Crippen molar-refractivity contribution in [3.05, 3.63) is 50.4 Å². The number of rotatable bonds is 5. The molecule has 20 heavy (non-hydrogen) atoms. The summed E-state index contributed by atoms with van der Waals surface area (Å²) >= 11 is 4.58. The Morgan fingerprint density at radius 1 is 1.40 bits per heavy atom. The first-order valence-electron chi connectivity index (χ1n) is 5.64. The highest BCUT2D eigenvalue weighted by molar-refractivity contribution is 9.10. The molecule has 0 unspecified atom stereocenters. The summed E-state index contributed by atoms with van der Waals surface area (Å²) in [5, 5.41) is 1.84. The second-order valence-electron chi connectivity index (χ2n) is 3.99. The third kappa shape index (κ3) is 3.44. The molecule has 1 aromatic carbocycles. The lowest BCUT2D eigenvalue weighted by Gasteiger charge is -2.10. The van der Waals surface area contributed by atoms with Crippen LogP contribution >= 0.6 is 27.3 Å². The third-order valence-corrected chi connectivity index (χ3v) is 5.34. The lowest BCUT2D eigenvalue weighted by atomic mass is 10.2. The van der Waals surface area contributed by atoms with E-state index in [1.807, 2.05) is 11.4 Å². The molecule has 0 fully saturated rings. The van der Waals surface area contributed by atoms with Gasteiger partial charge in [0.2, 0.25) is 10.0 Å². The number of benzene rings is 1. The maximum Gasteiger partial charge on any atom is 0.243 e. The molecule has 1 heterocycles. The van der Waals surface area contributed by atoms with Gasteiger partial charge in [-0.15, -0.1) is 11.3 Å². The van der Waals surface area contributed by atoms with Crippen LogP contribution in [-0.4, -0.2) is 8.42 Å². The molecule has 0 aliphatic rings. The van der Waals surface area contributed by atoms with E-state index < -0.39 is 20.7 Å². The number of sulfonamides is 1. The summed E-state index contributed by atoms with van der Waals surface area (Å²) in [4.78, 5) is 0.451. The molecule has 0 bridgehead atoms. The van der Waals surface area contributed by atoms with Gasteiger partial charge in [0, 0.05) is 28.0 Å². The Bertz CT molecular complexity index is 702. The second-order valence-corrected chi connectivity index (χ2v) is 7.67. The van der Waals surface area contributed by atoms with E-state index in [1.165, 1.54) is 23.5 Å². The monoisotopic (exact) mass is 378 g/mol. The summed E-state index contributed by atoms with van der Waals surface area (Å²) in [5.41, 5.74) is 5.56. The van der Waals surface area contributed by atoms with Crippen LogP contribution in [0.15, 0.2) is 39.0 Å². The molecule has 3 N–H and O–H groups in total. The van der Waals surface area contributed by atoms with Crippen LogP contribution in [-0.2, 0) is 23.1 Å². The Labute approximate surface area is 129 Å². The fourth-order valence-corrected chi connectivity index (χ4v) is 4.16. The summed E-state index contributed by atoms with van der Waals surface area (Å²) < 4.78 is 41.3. The normalized spacial score (nSPS) is 11.8. The van der Waals surface area contributed by atoms with E-state index in [-0.39, 0.29) is 18.7 Å². The molecule has 8 heteroatoms. The van der Waals surface area contributed by atoms with E-state index >= 15 is 0 Å². The van der Waals surface area contributed by atoms with Crippen molar-refractivity contribution in [3.8, 4) is 0 Å². The van der Waals surface area contributed by atoms with Gasteiger partial charge in [-0.05, 0) is 23.6 Å². The van der Waals surface area contributed by atoms with Crippen LogP contribution in [0, 0.1) is 5.82 Å². The van der Waals surface area contributed by atoms with Gasteiger partial charge >= 0.3 is 0 Å². The van der Waals surface area contributed by atoms with E-state index in [0.717, 1.165) is 4.88 Å². The van der Waals surface area contributed by atoms with Crippen molar-refractivity contribution in [1.29, 1.82) is 0 Å². The summed E-state index contributed by atoms with van der Waals surface area (Å²) in [7, 11) is -3.93. The van der Waals surface area contributed by atoms with Gasteiger partial charge in [0.25, 0.3) is 0 Å². The highest BCUT2D eigenvalue weighted by Gasteiger charge is 2.21. The van der Waals surface area contributed by atoms with Crippen molar-refractivity contribution in [2.45, 2.75) is 18.0 Å². The fourth-order valence-electron chi connectivity index (χ4n) is 1.62. The van der Waals surface area contributed by atoms with Gasteiger partial charge in [0.15, 0.2) is 0 Å². The van der Waals surface area contributed by atoms with Crippen LogP contribution in [0.25, 0.3) is 0 Å². The van der Waals surface area contributed by atoms with Crippen LogP contribution in [0.4, 0.5) is 4.39 Å². The average Bonchev–Trinajstić information content (AvgIpc) is 2.92. The van der Waals surface area contributed by atoms with Gasteiger partial charge in [0.1, 0.15) is 10.7 Å². The number of halogens is 2. The van der Waals surface area contributed by atoms with Crippen LogP contribution in [0.5, 0.6) is 0 Å². The van der Waals surface area contributed by atoms with Gasteiger partial charge in [-0.3, -0.25) is 0 Å². The van der Waals surface area contributed by atoms with Gasteiger partial charge in [0.05, 0.1) is 0 Å². The standard InChI is InChI=1S/C12H12BrFN2O2S2/c13-9-4-8(6-15)12(14)11(5-9)20(17,18)16-7-10-2-1-3-19-10/h1-5,16H,6-7,15H2. The number of thiophene rings is 1. The second kappa shape index (κ2) is 6.31. The molecule has 2 aromatic rings. The Morgan fingerprint density at radius 2 is 2.15 bits per heavy atom. The molecular formula is C12H12BrFN2O2S2. The minimum absolute atomic E-state index is 0.0707. The quantitative estimate of drug-likeness (QED) is 0.839. The number of hydrogen-bond donors (Lipinski definition) is 2. The van der Waals surface area contributed by atoms with Gasteiger partial charge in [-0.25, -0.2) is 17.5 Å². The van der Waals surface area contributed by atoms with Crippen LogP contribution in [0.3, 0.4) is 0 Å². The Hall–Kier alpha value is -0.800. The first kappa shape index (κ1) is 15.6. The van der Waals surface area contributed by atoms with E-state index in [2.05, 4.69) is 20.7 Å². The maximum atomic E-state index is 14.1. The molecule has 1 aromatic heterocycles. The highest BCUT2D eigenvalue weighted by atomic mass is 79.9. The molecule has 0 radical (unpaired) electrons.